The summed E-state index contributed by atoms with van der Waals surface area (Å²) < 4.78 is 2.00. The zero-order valence-electron chi connectivity index (χ0n) is 11.8. The molecule has 2 aromatic heterocycles. The molecular weight excluding hydrogens is 262 g/mol. The molecule has 0 saturated carbocycles. The lowest BCUT2D eigenvalue weighted by Gasteiger charge is -2.15. The smallest absolute Gasteiger partial charge is 0.137 e. The van der Waals surface area contributed by atoms with E-state index in [4.69, 9.17) is 0 Å². The summed E-state index contributed by atoms with van der Waals surface area (Å²) in [6.07, 6.45) is 4.81. The van der Waals surface area contributed by atoms with Crippen LogP contribution in [-0.2, 0) is 13.0 Å². The Balaban J connectivity index is 1.62. The Labute approximate surface area is 124 Å². The standard InChI is InChI=1S/C17H19N3O/c21-13-15(10-14-6-2-1-3-7-14)18-11-16-12-20-9-5-4-8-17(20)19-16/h1-9,12,15,18,21H,10-11,13H2/t15-/m1/s1. The highest BCUT2D eigenvalue weighted by Gasteiger charge is 2.09. The number of rotatable bonds is 6. The van der Waals surface area contributed by atoms with Crippen molar-refractivity contribution < 1.29 is 5.11 Å². The molecule has 0 radical (unpaired) electrons. The van der Waals surface area contributed by atoms with Gasteiger partial charge in [0.2, 0.25) is 0 Å². The van der Waals surface area contributed by atoms with Crippen LogP contribution in [0.4, 0.5) is 0 Å². The molecule has 0 aliphatic rings. The predicted octanol–water partition coefficient (Wildman–Crippen LogP) is 2.03. The van der Waals surface area contributed by atoms with E-state index >= 15 is 0 Å². The van der Waals surface area contributed by atoms with E-state index in [2.05, 4.69) is 22.4 Å². The lowest BCUT2D eigenvalue weighted by molar-refractivity contribution is 0.240. The van der Waals surface area contributed by atoms with Crippen LogP contribution in [-0.4, -0.2) is 27.1 Å². The third kappa shape index (κ3) is 3.48. The van der Waals surface area contributed by atoms with Gasteiger partial charge in [-0.05, 0) is 24.1 Å². The van der Waals surface area contributed by atoms with E-state index in [0.717, 1.165) is 17.8 Å². The molecule has 0 amide bonds. The monoisotopic (exact) mass is 281 g/mol. The van der Waals surface area contributed by atoms with Crippen LogP contribution < -0.4 is 5.32 Å². The number of imidazole rings is 1. The topological polar surface area (TPSA) is 49.6 Å². The van der Waals surface area contributed by atoms with Gasteiger partial charge < -0.3 is 14.8 Å². The third-order valence-electron chi connectivity index (χ3n) is 3.53. The van der Waals surface area contributed by atoms with Crippen LogP contribution in [0, 0.1) is 0 Å². The van der Waals surface area contributed by atoms with E-state index in [1.807, 2.05) is 53.2 Å². The first-order chi connectivity index (χ1) is 10.3. The average Bonchev–Trinajstić information content (AvgIpc) is 2.95. The molecule has 1 aromatic carbocycles. The van der Waals surface area contributed by atoms with Crippen LogP contribution in [0.3, 0.4) is 0 Å². The molecule has 0 aliphatic heterocycles. The maximum atomic E-state index is 9.52. The summed E-state index contributed by atoms with van der Waals surface area (Å²) in [6.45, 7) is 0.766. The zero-order chi connectivity index (χ0) is 14.5. The number of hydrogen-bond acceptors (Lipinski definition) is 3. The molecule has 2 heterocycles. The van der Waals surface area contributed by atoms with Crippen molar-refractivity contribution in [3.05, 3.63) is 72.2 Å². The number of nitrogens with one attached hydrogen (secondary N) is 1. The minimum absolute atomic E-state index is 0.0391. The molecule has 21 heavy (non-hydrogen) atoms. The van der Waals surface area contributed by atoms with E-state index in [0.29, 0.717) is 6.54 Å². The van der Waals surface area contributed by atoms with Gasteiger partial charge in [-0.2, -0.15) is 0 Å². The molecule has 0 unspecified atom stereocenters. The fraction of sp³-hybridized carbons (Fsp3) is 0.235. The molecule has 3 rings (SSSR count). The maximum absolute atomic E-state index is 9.52. The summed E-state index contributed by atoms with van der Waals surface area (Å²) in [4.78, 5) is 4.54. The van der Waals surface area contributed by atoms with Crippen molar-refractivity contribution in [2.45, 2.75) is 19.0 Å². The second kappa shape index (κ2) is 6.52. The minimum Gasteiger partial charge on any atom is -0.395 e. The molecule has 0 aliphatic carbocycles. The Morgan fingerprint density at radius 2 is 1.90 bits per heavy atom. The number of nitrogens with zero attached hydrogens (tertiary/aromatic N) is 2. The molecular formula is C17H19N3O. The number of aromatic nitrogens is 2. The van der Waals surface area contributed by atoms with Crippen LogP contribution >= 0.6 is 0 Å². The quantitative estimate of drug-likeness (QED) is 0.727. The van der Waals surface area contributed by atoms with Crippen LogP contribution in [0.15, 0.2) is 60.9 Å². The van der Waals surface area contributed by atoms with Gasteiger partial charge in [0, 0.05) is 25.0 Å². The van der Waals surface area contributed by atoms with Crippen molar-refractivity contribution in [1.29, 1.82) is 0 Å². The van der Waals surface area contributed by atoms with Gasteiger partial charge in [-0.25, -0.2) is 4.98 Å². The highest BCUT2D eigenvalue weighted by atomic mass is 16.3. The number of fused-ring (bicyclic) bond motifs is 1. The van der Waals surface area contributed by atoms with E-state index in [9.17, 15) is 5.11 Å². The molecule has 0 saturated heterocycles. The van der Waals surface area contributed by atoms with Crippen molar-refractivity contribution in [2.75, 3.05) is 6.61 Å². The summed E-state index contributed by atoms with van der Waals surface area (Å²) >= 11 is 0. The number of pyridine rings is 1. The second-order valence-electron chi connectivity index (χ2n) is 5.15. The summed E-state index contributed by atoms with van der Waals surface area (Å²) in [5.74, 6) is 0. The predicted molar refractivity (Wildman–Crippen MR) is 83.1 cm³/mol. The maximum Gasteiger partial charge on any atom is 0.137 e. The fourth-order valence-corrected chi connectivity index (χ4v) is 2.42. The normalized spacial score (nSPS) is 12.6. The molecule has 0 spiro atoms. The minimum atomic E-state index is 0.0391. The fourth-order valence-electron chi connectivity index (χ4n) is 2.42. The molecule has 2 N–H and O–H groups in total. The van der Waals surface area contributed by atoms with Crippen LogP contribution in [0.5, 0.6) is 0 Å². The molecule has 108 valence electrons. The van der Waals surface area contributed by atoms with E-state index in [1.165, 1.54) is 5.56 Å². The van der Waals surface area contributed by atoms with Gasteiger partial charge in [0.05, 0.1) is 12.3 Å². The molecule has 0 fully saturated rings. The summed E-state index contributed by atoms with van der Waals surface area (Å²) in [5, 5.41) is 12.9. The first-order valence-electron chi connectivity index (χ1n) is 7.16. The Kier molecular flexibility index (Phi) is 4.28. The lowest BCUT2D eigenvalue weighted by Crippen LogP contribution is -2.34. The first-order valence-corrected chi connectivity index (χ1v) is 7.16. The van der Waals surface area contributed by atoms with Crippen LogP contribution in [0.25, 0.3) is 5.65 Å². The highest BCUT2D eigenvalue weighted by Crippen LogP contribution is 2.06. The van der Waals surface area contributed by atoms with Gasteiger partial charge in [-0.3, -0.25) is 0 Å². The summed E-state index contributed by atoms with van der Waals surface area (Å²) in [7, 11) is 0. The van der Waals surface area contributed by atoms with Gasteiger partial charge in [-0.15, -0.1) is 0 Å². The van der Waals surface area contributed by atoms with Gasteiger partial charge in [0.1, 0.15) is 5.65 Å². The van der Waals surface area contributed by atoms with E-state index in [1.54, 1.807) is 0 Å². The second-order valence-corrected chi connectivity index (χ2v) is 5.15. The van der Waals surface area contributed by atoms with Gasteiger partial charge in [0.15, 0.2) is 0 Å². The van der Waals surface area contributed by atoms with Gasteiger partial charge in [-0.1, -0.05) is 36.4 Å². The Hall–Kier alpha value is -2.17. The summed E-state index contributed by atoms with van der Waals surface area (Å²) in [6, 6.07) is 16.2. The molecule has 0 bridgehead atoms. The largest absolute Gasteiger partial charge is 0.395 e. The molecule has 4 heteroatoms. The SMILES string of the molecule is OC[C@@H](Cc1ccccc1)NCc1cn2ccccc2n1. The average molecular weight is 281 g/mol. The van der Waals surface area contributed by atoms with Crippen LogP contribution in [0.2, 0.25) is 0 Å². The number of aliphatic hydroxyl groups excluding tert-OH is 1. The third-order valence-corrected chi connectivity index (χ3v) is 3.53. The number of aliphatic hydroxyl groups is 1. The van der Waals surface area contributed by atoms with Gasteiger partial charge >= 0.3 is 0 Å². The summed E-state index contributed by atoms with van der Waals surface area (Å²) in [5.41, 5.74) is 3.14. The van der Waals surface area contributed by atoms with Crippen molar-refractivity contribution in [1.82, 2.24) is 14.7 Å². The Morgan fingerprint density at radius 1 is 1.10 bits per heavy atom. The highest BCUT2D eigenvalue weighted by molar-refractivity contribution is 5.39. The van der Waals surface area contributed by atoms with Crippen molar-refractivity contribution in [2.24, 2.45) is 0 Å². The first kappa shape index (κ1) is 13.8. The van der Waals surface area contributed by atoms with Gasteiger partial charge in [0.25, 0.3) is 0 Å². The zero-order valence-corrected chi connectivity index (χ0v) is 11.8. The number of benzene rings is 1. The van der Waals surface area contributed by atoms with E-state index in [-0.39, 0.29) is 12.6 Å². The van der Waals surface area contributed by atoms with Crippen molar-refractivity contribution in [3.8, 4) is 0 Å². The van der Waals surface area contributed by atoms with Crippen molar-refractivity contribution in [3.63, 3.8) is 0 Å². The Morgan fingerprint density at radius 3 is 2.67 bits per heavy atom. The van der Waals surface area contributed by atoms with E-state index < -0.39 is 0 Å². The Bertz CT molecular complexity index is 660. The number of hydrogen-bond donors (Lipinski definition) is 2. The lowest BCUT2D eigenvalue weighted by atomic mass is 10.1. The molecule has 3 aromatic rings. The van der Waals surface area contributed by atoms with Crippen LogP contribution in [0.1, 0.15) is 11.3 Å². The van der Waals surface area contributed by atoms with Crippen molar-refractivity contribution >= 4 is 5.65 Å². The molecule has 4 nitrogen and oxygen atoms in total. The molecule has 1 atom stereocenters.